The summed E-state index contributed by atoms with van der Waals surface area (Å²) in [6, 6.07) is 14.2. The third kappa shape index (κ3) is 6.46. The summed E-state index contributed by atoms with van der Waals surface area (Å²) in [5.41, 5.74) is 2.66. The lowest BCUT2D eigenvalue weighted by atomic mass is 10.0. The minimum atomic E-state index is -3.49. The van der Waals surface area contributed by atoms with E-state index in [4.69, 9.17) is 12.2 Å². The summed E-state index contributed by atoms with van der Waals surface area (Å²) in [6.45, 7) is 5.25. The highest BCUT2D eigenvalue weighted by atomic mass is 32.2. The van der Waals surface area contributed by atoms with Crippen molar-refractivity contribution >= 4 is 45.0 Å². The molecule has 1 aliphatic heterocycles. The molecular weight excluding hydrogens is 430 g/mol. The Bertz CT molecular complexity index is 1050. The maximum Gasteiger partial charge on any atom is 0.250 e. The highest BCUT2D eigenvalue weighted by Crippen LogP contribution is 2.24. The van der Waals surface area contributed by atoms with Gasteiger partial charge < -0.3 is 5.32 Å². The summed E-state index contributed by atoms with van der Waals surface area (Å²) in [4.78, 5) is 12.3. The molecule has 0 unspecified atom stereocenters. The molecule has 1 amide bonds. The van der Waals surface area contributed by atoms with Crippen LogP contribution in [0.15, 0.2) is 59.5 Å². The van der Waals surface area contributed by atoms with Crippen molar-refractivity contribution in [3.8, 4) is 0 Å². The van der Waals surface area contributed by atoms with Crippen LogP contribution in [0.5, 0.6) is 0 Å². The molecule has 0 aliphatic carbocycles. The summed E-state index contributed by atoms with van der Waals surface area (Å²) in [5.74, 6) is 0.206. The quantitative estimate of drug-likeness (QED) is 0.525. The summed E-state index contributed by atoms with van der Waals surface area (Å²) < 4.78 is 27.1. The molecule has 1 aliphatic rings. The molecule has 3 rings (SSSR count). The van der Waals surface area contributed by atoms with E-state index in [-0.39, 0.29) is 15.9 Å². The second kappa shape index (κ2) is 10.2. The van der Waals surface area contributed by atoms with Gasteiger partial charge in [0, 0.05) is 24.9 Å². The molecule has 0 atom stereocenters. The molecule has 1 fully saturated rings. The first-order valence-electron chi connectivity index (χ1n) is 10.2. The average Bonchev–Trinajstić information content (AvgIpc) is 2.74. The minimum Gasteiger partial charge on any atom is -0.332 e. The van der Waals surface area contributed by atoms with E-state index < -0.39 is 10.0 Å². The van der Waals surface area contributed by atoms with Crippen LogP contribution in [-0.2, 0) is 14.8 Å². The third-order valence-electron chi connectivity index (χ3n) is 5.23. The summed E-state index contributed by atoms with van der Waals surface area (Å²) in [7, 11) is -3.49. The largest absolute Gasteiger partial charge is 0.332 e. The van der Waals surface area contributed by atoms with Crippen molar-refractivity contribution in [3.63, 3.8) is 0 Å². The molecule has 0 bridgehead atoms. The van der Waals surface area contributed by atoms with Crippen LogP contribution in [0, 0.1) is 12.8 Å². The van der Waals surface area contributed by atoms with Gasteiger partial charge in [0.2, 0.25) is 15.9 Å². The molecule has 6 nitrogen and oxygen atoms in total. The number of nitrogens with one attached hydrogen (secondary N) is 2. The number of carbonyl (C=O) groups is 1. The molecule has 1 heterocycles. The molecule has 2 aromatic rings. The van der Waals surface area contributed by atoms with Gasteiger partial charge in [-0.2, -0.15) is 4.31 Å². The number of sulfonamides is 1. The predicted octanol–water partition coefficient (Wildman–Crippen LogP) is 3.94. The maximum absolute atomic E-state index is 12.8. The summed E-state index contributed by atoms with van der Waals surface area (Å²) >= 11 is 5.18. The van der Waals surface area contributed by atoms with Crippen molar-refractivity contribution in [2.24, 2.45) is 5.92 Å². The van der Waals surface area contributed by atoms with Crippen molar-refractivity contribution in [2.75, 3.05) is 18.4 Å². The standard InChI is InChI=1S/C23H27N3O3S2/c1-17-3-5-19(6-4-17)7-12-22(27)25-23(30)24-20-8-10-21(11-9-20)31(28,29)26-15-13-18(2)14-16-26/h3-12,18H,13-16H2,1-2H3,(H2,24,25,27,30). The Morgan fingerprint density at radius 3 is 2.29 bits per heavy atom. The van der Waals surface area contributed by atoms with Gasteiger partial charge in [-0.05, 0) is 73.8 Å². The van der Waals surface area contributed by atoms with E-state index in [9.17, 15) is 13.2 Å². The Balaban J connectivity index is 1.54. The highest BCUT2D eigenvalue weighted by Gasteiger charge is 2.27. The van der Waals surface area contributed by atoms with E-state index >= 15 is 0 Å². The van der Waals surface area contributed by atoms with Gasteiger partial charge >= 0.3 is 0 Å². The number of amides is 1. The van der Waals surface area contributed by atoms with Crippen molar-refractivity contribution < 1.29 is 13.2 Å². The molecule has 1 saturated heterocycles. The van der Waals surface area contributed by atoms with E-state index in [1.807, 2.05) is 31.2 Å². The third-order valence-corrected chi connectivity index (χ3v) is 7.35. The maximum atomic E-state index is 12.8. The second-order valence-corrected chi connectivity index (χ2v) is 10.1. The molecule has 8 heteroatoms. The van der Waals surface area contributed by atoms with Crippen LogP contribution in [0.4, 0.5) is 5.69 Å². The molecule has 2 N–H and O–H groups in total. The van der Waals surface area contributed by atoms with E-state index in [0.29, 0.717) is 24.7 Å². The van der Waals surface area contributed by atoms with Crippen LogP contribution in [0.25, 0.3) is 6.08 Å². The Morgan fingerprint density at radius 1 is 1.06 bits per heavy atom. The molecule has 0 aromatic heterocycles. The SMILES string of the molecule is Cc1ccc(C=CC(=O)NC(=S)Nc2ccc(S(=O)(=O)N3CCC(C)CC3)cc2)cc1. The van der Waals surface area contributed by atoms with Crippen molar-refractivity contribution in [1.29, 1.82) is 0 Å². The first-order valence-corrected chi connectivity index (χ1v) is 12.1. The van der Waals surface area contributed by atoms with Gasteiger partial charge in [-0.25, -0.2) is 8.42 Å². The fourth-order valence-electron chi connectivity index (χ4n) is 3.25. The van der Waals surface area contributed by atoms with E-state index in [1.54, 1.807) is 34.6 Å². The van der Waals surface area contributed by atoms with E-state index in [2.05, 4.69) is 17.6 Å². The zero-order chi connectivity index (χ0) is 22.4. The number of hydrogen-bond acceptors (Lipinski definition) is 4. The average molecular weight is 458 g/mol. The zero-order valence-corrected chi connectivity index (χ0v) is 19.3. The fourth-order valence-corrected chi connectivity index (χ4v) is 4.94. The Labute approximate surface area is 189 Å². The monoisotopic (exact) mass is 457 g/mol. The molecule has 31 heavy (non-hydrogen) atoms. The molecule has 0 spiro atoms. The predicted molar refractivity (Wildman–Crippen MR) is 128 cm³/mol. The molecular formula is C23H27N3O3S2. The van der Waals surface area contributed by atoms with E-state index in [0.717, 1.165) is 24.0 Å². The number of piperidine rings is 1. The number of anilines is 1. The van der Waals surface area contributed by atoms with Gasteiger partial charge in [0.05, 0.1) is 4.90 Å². The Hall–Kier alpha value is -2.55. The number of benzene rings is 2. The lowest BCUT2D eigenvalue weighted by Crippen LogP contribution is -2.37. The molecule has 2 aromatic carbocycles. The first-order chi connectivity index (χ1) is 14.7. The lowest BCUT2D eigenvalue weighted by molar-refractivity contribution is -0.115. The van der Waals surface area contributed by atoms with Crippen molar-refractivity contribution in [1.82, 2.24) is 9.62 Å². The van der Waals surface area contributed by atoms with Crippen LogP contribution < -0.4 is 10.6 Å². The Kier molecular flexibility index (Phi) is 7.59. The summed E-state index contributed by atoms with van der Waals surface area (Å²) in [5, 5.41) is 5.62. The number of thiocarbonyl (C=S) groups is 1. The second-order valence-electron chi connectivity index (χ2n) is 7.80. The first kappa shape index (κ1) is 23.1. The number of carbonyl (C=O) groups excluding carboxylic acids is 1. The smallest absolute Gasteiger partial charge is 0.250 e. The topological polar surface area (TPSA) is 78.5 Å². The lowest BCUT2D eigenvalue weighted by Gasteiger charge is -2.29. The van der Waals surface area contributed by atoms with Gasteiger partial charge in [-0.1, -0.05) is 36.8 Å². The van der Waals surface area contributed by atoms with Crippen LogP contribution in [0.1, 0.15) is 30.9 Å². The van der Waals surface area contributed by atoms with Crippen molar-refractivity contribution in [3.05, 3.63) is 65.7 Å². The fraction of sp³-hybridized carbons (Fsp3) is 0.304. The number of nitrogens with zero attached hydrogens (tertiary/aromatic N) is 1. The normalized spacial score (nSPS) is 15.7. The number of aryl methyl sites for hydroxylation is 1. The highest BCUT2D eigenvalue weighted by molar-refractivity contribution is 7.89. The molecule has 0 saturated carbocycles. The van der Waals surface area contributed by atoms with Gasteiger partial charge in [-0.15, -0.1) is 0 Å². The number of rotatable bonds is 5. The molecule has 0 radical (unpaired) electrons. The minimum absolute atomic E-state index is 0.138. The van der Waals surface area contributed by atoms with Crippen molar-refractivity contribution in [2.45, 2.75) is 31.6 Å². The van der Waals surface area contributed by atoms with Crippen LogP contribution in [0.3, 0.4) is 0 Å². The van der Waals surface area contributed by atoms with E-state index in [1.165, 1.54) is 6.08 Å². The number of hydrogen-bond donors (Lipinski definition) is 2. The Morgan fingerprint density at radius 2 is 1.68 bits per heavy atom. The molecule has 164 valence electrons. The van der Waals surface area contributed by atoms with Gasteiger partial charge in [-0.3, -0.25) is 10.1 Å². The van der Waals surface area contributed by atoms with Gasteiger partial charge in [0.15, 0.2) is 5.11 Å². The zero-order valence-electron chi connectivity index (χ0n) is 17.7. The van der Waals surface area contributed by atoms with Gasteiger partial charge in [0.1, 0.15) is 0 Å². The van der Waals surface area contributed by atoms with Gasteiger partial charge in [0.25, 0.3) is 0 Å². The van der Waals surface area contributed by atoms with Crippen LogP contribution in [0.2, 0.25) is 0 Å². The van der Waals surface area contributed by atoms with Crippen LogP contribution >= 0.6 is 12.2 Å². The van der Waals surface area contributed by atoms with Crippen LogP contribution in [-0.4, -0.2) is 36.8 Å². The summed E-state index contributed by atoms with van der Waals surface area (Å²) in [6.07, 6.45) is 4.88.